The molecule has 0 N–H and O–H groups in total. The summed E-state index contributed by atoms with van der Waals surface area (Å²) in [7, 11) is 0. The number of carbonyl (C=O) groups excluding carboxylic acids is 1. The topological polar surface area (TPSA) is 20.3 Å². The van der Waals surface area contributed by atoms with E-state index in [9.17, 15) is 4.79 Å². The second kappa shape index (κ2) is 5.72. The summed E-state index contributed by atoms with van der Waals surface area (Å²) in [6, 6.07) is 16.6. The lowest BCUT2D eigenvalue weighted by Crippen LogP contribution is -2.30. The van der Waals surface area contributed by atoms with Crippen molar-refractivity contribution in [1.29, 1.82) is 0 Å². The molecule has 1 amide bonds. The van der Waals surface area contributed by atoms with Crippen molar-refractivity contribution >= 4 is 5.91 Å². The largest absolute Gasteiger partial charge is 0.332 e. The van der Waals surface area contributed by atoms with E-state index >= 15 is 0 Å². The van der Waals surface area contributed by atoms with Crippen LogP contribution in [-0.4, -0.2) is 17.4 Å². The van der Waals surface area contributed by atoms with Crippen molar-refractivity contribution in [3.05, 3.63) is 70.8 Å². The molecule has 1 unspecified atom stereocenters. The summed E-state index contributed by atoms with van der Waals surface area (Å²) in [6.45, 7) is 5.00. The molecule has 0 bridgehead atoms. The monoisotopic (exact) mass is 279 g/mol. The first-order valence-electron chi connectivity index (χ1n) is 7.59. The molecule has 1 aliphatic rings. The molecule has 1 fully saturated rings. The molecule has 2 aromatic carbocycles. The first-order valence-corrected chi connectivity index (χ1v) is 7.59. The van der Waals surface area contributed by atoms with E-state index in [0.717, 1.165) is 24.9 Å². The SMILES string of the molecule is Cc1ccc(C(=O)N2CCCC2c2cccc(C)c2)cc1. The number of hydrogen-bond donors (Lipinski definition) is 0. The van der Waals surface area contributed by atoms with E-state index < -0.39 is 0 Å². The van der Waals surface area contributed by atoms with Crippen molar-refractivity contribution in [1.82, 2.24) is 4.90 Å². The summed E-state index contributed by atoms with van der Waals surface area (Å²) in [5.74, 6) is 0.152. The van der Waals surface area contributed by atoms with E-state index in [-0.39, 0.29) is 11.9 Å². The number of benzene rings is 2. The zero-order valence-electron chi connectivity index (χ0n) is 12.7. The van der Waals surface area contributed by atoms with Gasteiger partial charge in [-0.2, -0.15) is 0 Å². The highest BCUT2D eigenvalue weighted by atomic mass is 16.2. The highest BCUT2D eigenvalue weighted by Crippen LogP contribution is 2.33. The van der Waals surface area contributed by atoms with Crippen molar-refractivity contribution in [2.75, 3.05) is 6.54 Å². The Morgan fingerprint density at radius 2 is 1.81 bits per heavy atom. The number of nitrogens with zero attached hydrogens (tertiary/aromatic N) is 1. The van der Waals surface area contributed by atoms with Crippen LogP contribution in [0.5, 0.6) is 0 Å². The fourth-order valence-electron chi connectivity index (χ4n) is 3.10. The molecule has 1 atom stereocenters. The maximum absolute atomic E-state index is 12.8. The molecule has 3 rings (SSSR count). The number of carbonyl (C=O) groups is 1. The fourth-order valence-corrected chi connectivity index (χ4v) is 3.10. The molecule has 21 heavy (non-hydrogen) atoms. The molecule has 2 aromatic rings. The average Bonchev–Trinajstić information content (AvgIpc) is 2.97. The summed E-state index contributed by atoms with van der Waals surface area (Å²) < 4.78 is 0. The Morgan fingerprint density at radius 3 is 2.52 bits per heavy atom. The molecule has 0 radical (unpaired) electrons. The third-order valence-electron chi connectivity index (χ3n) is 4.24. The van der Waals surface area contributed by atoms with Crippen LogP contribution in [0, 0.1) is 13.8 Å². The fraction of sp³-hybridized carbons (Fsp3) is 0.316. The van der Waals surface area contributed by atoms with E-state index in [4.69, 9.17) is 0 Å². The Labute approximate surface area is 126 Å². The minimum Gasteiger partial charge on any atom is -0.332 e. The van der Waals surface area contributed by atoms with Crippen LogP contribution in [0.4, 0.5) is 0 Å². The number of likely N-dealkylation sites (tertiary alicyclic amines) is 1. The lowest BCUT2D eigenvalue weighted by atomic mass is 10.0. The van der Waals surface area contributed by atoms with Crippen molar-refractivity contribution in [3.63, 3.8) is 0 Å². The zero-order chi connectivity index (χ0) is 14.8. The van der Waals surface area contributed by atoms with Gasteiger partial charge in [0.05, 0.1) is 6.04 Å². The summed E-state index contributed by atoms with van der Waals surface area (Å²) in [5, 5.41) is 0. The van der Waals surface area contributed by atoms with Gasteiger partial charge in [-0.3, -0.25) is 4.79 Å². The summed E-state index contributed by atoms with van der Waals surface area (Å²) >= 11 is 0. The molecule has 1 saturated heterocycles. The van der Waals surface area contributed by atoms with Crippen LogP contribution in [0.1, 0.15) is 45.9 Å². The van der Waals surface area contributed by atoms with Gasteiger partial charge < -0.3 is 4.90 Å². The van der Waals surface area contributed by atoms with Gasteiger partial charge in [-0.25, -0.2) is 0 Å². The van der Waals surface area contributed by atoms with Gasteiger partial charge >= 0.3 is 0 Å². The van der Waals surface area contributed by atoms with E-state index in [1.54, 1.807) is 0 Å². The van der Waals surface area contributed by atoms with Gasteiger partial charge in [-0.15, -0.1) is 0 Å². The zero-order valence-corrected chi connectivity index (χ0v) is 12.7. The Bertz CT molecular complexity index is 645. The molecule has 2 heteroatoms. The maximum atomic E-state index is 12.8. The minimum absolute atomic E-state index is 0.152. The summed E-state index contributed by atoms with van der Waals surface area (Å²) in [6.07, 6.45) is 2.14. The van der Waals surface area contributed by atoms with Crippen molar-refractivity contribution < 1.29 is 4.79 Å². The predicted octanol–water partition coefficient (Wildman–Crippen LogP) is 4.28. The number of amides is 1. The molecule has 0 aliphatic carbocycles. The van der Waals surface area contributed by atoms with E-state index in [0.29, 0.717) is 0 Å². The van der Waals surface area contributed by atoms with Crippen LogP contribution in [0.3, 0.4) is 0 Å². The first-order chi connectivity index (χ1) is 10.1. The van der Waals surface area contributed by atoms with Gasteiger partial charge in [0.15, 0.2) is 0 Å². The molecular formula is C19H21NO. The van der Waals surface area contributed by atoms with Gasteiger partial charge in [-0.1, -0.05) is 47.5 Å². The standard InChI is InChI=1S/C19H21NO/c1-14-8-10-16(11-9-14)19(21)20-12-4-7-18(20)17-6-3-5-15(2)13-17/h3,5-6,8-11,13,18H,4,7,12H2,1-2H3. The second-order valence-electron chi connectivity index (χ2n) is 5.94. The molecular weight excluding hydrogens is 258 g/mol. The highest BCUT2D eigenvalue weighted by Gasteiger charge is 2.30. The average molecular weight is 279 g/mol. The van der Waals surface area contributed by atoms with Crippen LogP contribution in [0.15, 0.2) is 48.5 Å². The van der Waals surface area contributed by atoms with Crippen LogP contribution >= 0.6 is 0 Å². The van der Waals surface area contributed by atoms with Crippen molar-refractivity contribution in [2.24, 2.45) is 0 Å². The normalized spacial score (nSPS) is 18.0. The summed E-state index contributed by atoms with van der Waals surface area (Å²) in [5.41, 5.74) is 4.48. The number of hydrogen-bond acceptors (Lipinski definition) is 1. The molecule has 2 nitrogen and oxygen atoms in total. The van der Waals surface area contributed by atoms with Crippen LogP contribution in [0.25, 0.3) is 0 Å². The highest BCUT2D eigenvalue weighted by molar-refractivity contribution is 5.94. The lowest BCUT2D eigenvalue weighted by molar-refractivity contribution is 0.0735. The second-order valence-corrected chi connectivity index (χ2v) is 5.94. The summed E-state index contributed by atoms with van der Waals surface area (Å²) in [4.78, 5) is 14.8. The molecule has 1 aliphatic heterocycles. The first kappa shape index (κ1) is 13.9. The van der Waals surface area contributed by atoms with E-state index in [1.165, 1.54) is 16.7 Å². The van der Waals surface area contributed by atoms with Gasteiger partial charge in [0.1, 0.15) is 0 Å². The van der Waals surface area contributed by atoms with Gasteiger partial charge in [0.2, 0.25) is 0 Å². The predicted molar refractivity (Wildman–Crippen MR) is 85.4 cm³/mol. The molecule has 108 valence electrons. The Hall–Kier alpha value is -2.09. The Kier molecular flexibility index (Phi) is 3.78. The third kappa shape index (κ3) is 2.85. The van der Waals surface area contributed by atoms with Gasteiger partial charge in [0.25, 0.3) is 5.91 Å². The van der Waals surface area contributed by atoms with E-state index in [2.05, 4.69) is 31.2 Å². The Balaban J connectivity index is 1.87. The van der Waals surface area contributed by atoms with Crippen LogP contribution in [0.2, 0.25) is 0 Å². The smallest absolute Gasteiger partial charge is 0.254 e. The number of aryl methyl sites for hydroxylation is 2. The minimum atomic E-state index is 0.152. The molecule has 0 aromatic heterocycles. The molecule has 0 saturated carbocycles. The molecule has 1 heterocycles. The van der Waals surface area contributed by atoms with Gasteiger partial charge in [0, 0.05) is 12.1 Å². The quantitative estimate of drug-likeness (QED) is 0.803. The molecule has 0 spiro atoms. The maximum Gasteiger partial charge on any atom is 0.254 e. The van der Waals surface area contributed by atoms with E-state index in [1.807, 2.05) is 36.1 Å². The Morgan fingerprint density at radius 1 is 1.05 bits per heavy atom. The van der Waals surface area contributed by atoms with Crippen LogP contribution < -0.4 is 0 Å². The van der Waals surface area contributed by atoms with Crippen molar-refractivity contribution in [2.45, 2.75) is 32.7 Å². The number of rotatable bonds is 2. The lowest BCUT2D eigenvalue weighted by Gasteiger charge is -2.25. The van der Waals surface area contributed by atoms with Crippen molar-refractivity contribution in [3.8, 4) is 0 Å². The van der Waals surface area contributed by atoms with Crippen LogP contribution in [-0.2, 0) is 0 Å². The third-order valence-corrected chi connectivity index (χ3v) is 4.24. The van der Waals surface area contributed by atoms with Gasteiger partial charge in [-0.05, 0) is 44.4 Å².